The Balaban J connectivity index is 1.39. The molecule has 0 radical (unpaired) electrons. The Morgan fingerprint density at radius 1 is 1.08 bits per heavy atom. The molecule has 206 valence electrons. The summed E-state index contributed by atoms with van der Waals surface area (Å²) in [5.74, 6) is -0.815. The standard InChI is InChI=1S/C26H30N6O6S/c1-38-21-6-8-22(9-7-21)39(36,37)31-23(17-24(33)34)30-25(35)18-4-2-5-20(16-18)32-14-10-19(11-15-32)29-26-27-12-3-13-28-26/h2-9,12-13,16,19,23,31H,10-11,14-15,17H2,1H3,(H,30,35)(H,33,34)(H,27,28,29). The smallest absolute Gasteiger partial charge is 0.306 e. The molecule has 1 unspecified atom stereocenters. The number of sulfonamides is 1. The number of amides is 1. The van der Waals surface area contributed by atoms with Crippen LogP contribution >= 0.6 is 0 Å². The third kappa shape index (κ3) is 7.65. The monoisotopic (exact) mass is 554 g/mol. The highest BCUT2D eigenvalue weighted by atomic mass is 32.2. The topological polar surface area (TPSA) is 163 Å². The second kappa shape index (κ2) is 12.5. The van der Waals surface area contributed by atoms with Gasteiger partial charge in [-0.05, 0) is 61.4 Å². The first-order valence-electron chi connectivity index (χ1n) is 12.3. The number of aromatic nitrogens is 2. The van der Waals surface area contributed by atoms with E-state index < -0.39 is 34.5 Å². The molecule has 12 nitrogen and oxygen atoms in total. The third-order valence-electron chi connectivity index (χ3n) is 6.22. The van der Waals surface area contributed by atoms with Crippen molar-refractivity contribution in [3.05, 3.63) is 72.6 Å². The number of benzene rings is 2. The van der Waals surface area contributed by atoms with Crippen molar-refractivity contribution in [3.63, 3.8) is 0 Å². The number of nitrogens with one attached hydrogen (secondary N) is 3. The Morgan fingerprint density at radius 3 is 2.41 bits per heavy atom. The number of ether oxygens (including phenoxy) is 1. The molecule has 1 aromatic heterocycles. The summed E-state index contributed by atoms with van der Waals surface area (Å²) in [6, 6.07) is 14.5. The Labute approximate surface area is 226 Å². The van der Waals surface area contributed by atoms with E-state index >= 15 is 0 Å². The molecule has 4 rings (SSSR count). The maximum atomic E-state index is 13.0. The van der Waals surface area contributed by atoms with Crippen molar-refractivity contribution < 1.29 is 27.9 Å². The molecule has 1 amide bonds. The number of carboxylic acid groups (broad SMARTS) is 1. The SMILES string of the molecule is COc1ccc(S(=O)(=O)NC(CC(=O)O)NC(=O)c2cccc(N3CCC(Nc4ncccn4)CC3)c2)cc1. The van der Waals surface area contributed by atoms with Crippen molar-refractivity contribution in [1.29, 1.82) is 0 Å². The van der Waals surface area contributed by atoms with Gasteiger partial charge in [0.25, 0.3) is 5.91 Å². The van der Waals surface area contributed by atoms with E-state index in [2.05, 4.69) is 30.2 Å². The zero-order valence-corrected chi connectivity index (χ0v) is 22.1. The Bertz CT molecular complexity index is 1380. The lowest BCUT2D eigenvalue weighted by molar-refractivity contribution is -0.137. The van der Waals surface area contributed by atoms with Gasteiger partial charge in [0, 0.05) is 42.8 Å². The third-order valence-corrected chi connectivity index (χ3v) is 7.71. The number of aliphatic carboxylic acids is 1. The molecule has 1 aliphatic heterocycles. The zero-order valence-electron chi connectivity index (χ0n) is 21.3. The minimum Gasteiger partial charge on any atom is -0.497 e. The first-order valence-corrected chi connectivity index (χ1v) is 13.8. The van der Waals surface area contributed by atoms with E-state index in [0.29, 0.717) is 11.7 Å². The normalized spacial score (nSPS) is 14.8. The summed E-state index contributed by atoms with van der Waals surface area (Å²) in [6.45, 7) is 1.50. The molecule has 13 heteroatoms. The molecule has 2 aromatic carbocycles. The molecule has 2 heterocycles. The number of hydrogen-bond acceptors (Lipinski definition) is 9. The van der Waals surface area contributed by atoms with Gasteiger partial charge < -0.3 is 25.4 Å². The van der Waals surface area contributed by atoms with Gasteiger partial charge in [0.05, 0.1) is 18.4 Å². The Morgan fingerprint density at radius 2 is 1.77 bits per heavy atom. The number of carboxylic acids is 1. The van der Waals surface area contributed by atoms with E-state index in [4.69, 9.17) is 4.74 Å². The molecular weight excluding hydrogens is 524 g/mol. The molecule has 1 saturated heterocycles. The van der Waals surface area contributed by atoms with Crippen LogP contribution in [0.5, 0.6) is 5.75 Å². The maximum Gasteiger partial charge on any atom is 0.306 e. The Kier molecular flexibility index (Phi) is 8.94. The van der Waals surface area contributed by atoms with Crippen LogP contribution in [0.1, 0.15) is 29.6 Å². The number of piperidine rings is 1. The highest BCUT2D eigenvalue weighted by molar-refractivity contribution is 7.89. The summed E-state index contributed by atoms with van der Waals surface area (Å²) >= 11 is 0. The lowest BCUT2D eigenvalue weighted by atomic mass is 10.0. The second-order valence-electron chi connectivity index (χ2n) is 8.95. The molecule has 0 aliphatic carbocycles. The molecule has 0 spiro atoms. The van der Waals surface area contributed by atoms with Gasteiger partial charge in [-0.1, -0.05) is 6.07 Å². The molecule has 1 atom stereocenters. The number of rotatable bonds is 11. The summed E-state index contributed by atoms with van der Waals surface area (Å²) < 4.78 is 33.0. The molecule has 39 heavy (non-hydrogen) atoms. The quantitative estimate of drug-likeness (QED) is 0.258. The van der Waals surface area contributed by atoms with Gasteiger partial charge in [0.15, 0.2) is 0 Å². The van der Waals surface area contributed by atoms with Crippen molar-refractivity contribution >= 4 is 33.5 Å². The van der Waals surface area contributed by atoms with Crippen LogP contribution in [0.2, 0.25) is 0 Å². The van der Waals surface area contributed by atoms with Gasteiger partial charge in [-0.25, -0.2) is 18.4 Å². The first-order chi connectivity index (χ1) is 18.7. The van der Waals surface area contributed by atoms with Crippen LogP contribution in [0.4, 0.5) is 11.6 Å². The predicted octanol–water partition coefficient (Wildman–Crippen LogP) is 2.08. The van der Waals surface area contributed by atoms with Crippen LogP contribution in [0.15, 0.2) is 71.9 Å². The number of anilines is 2. The van der Waals surface area contributed by atoms with Crippen molar-refractivity contribution in [1.82, 2.24) is 20.0 Å². The van der Waals surface area contributed by atoms with Crippen molar-refractivity contribution in [2.45, 2.75) is 36.4 Å². The van der Waals surface area contributed by atoms with Gasteiger partial charge in [0.2, 0.25) is 16.0 Å². The van der Waals surface area contributed by atoms with Gasteiger partial charge in [-0.15, -0.1) is 0 Å². The van der Waals surface area contributed by atoms with Crippen LogP contribution < -0.4 is 25.0 Å². The fourth-order valence-corrected chi connectivity index (χ4v) is 5.38. The minimum absolute atomic E-state index is 0.0911. The largest absolute Gasteiger partial charge is 0.497 e. The van der Waals surface area contributed by atoms with Crippen LogP contribution in [0.3, 0.4) is 0 Å². The molecule has 1 fully saturated rings. The molecule has 0 bridgehead atoms. The molecule has 1 aliphatic rings. The van der Waals surface area contributed by atoms with Gasteiger partial charge in [0.1, 0.15) is 11.9 Å². The highest BCUT2D eigenvalue weighted by Gasteiger charge is 2.25. The highest BCUT2D eigenvalue weighted by Crippen LogP contribution is 2.23. The number of carbonyl (C=O) groups excluding carboxylic acids is 1. The minimum atomic E-state index is -4.12. The van der Waals surface area contributed by atoms with Crippen molar-refractivity contribution in [3.8, 4) is 5.75 Å². The van der Waals surface area contributed by atoms with Gasteiger partial charge in [-0.3, -0.25) is 9.59 Å². The number of carbonyl (C=O) groups is 2. The van der Waals surface area contributed by atoms with Gasteiger partial charge in [-0.2, -0.15) is 4.72 Å². The fourth-order valence-electron chi connectivity index (χ4n) is 4.23. The van der Waals surface area contributed by atoms with Crippen molar-refractivity contribution in [2.24, 2.45) is 0 Å². The van der Waals surface area contributed by atoms with E-state index in [0.717, 1.165) is 31.6 Å². The van der Waals surface area contributed by atoms with Crippen LogP contribution in [-0.2, 0) is 14.8 Å². The van der Waals surface area contributed by atoms with Gasteiger partial charge >= 0.3 is 5.97 Å². The van der Waals surface area contributed by atoms with E-state index in [9.17, 15) is 23.1 Å². The lowest BCUT2D eigenvalue weighted by Crippen LogP contribution is -2.49. The van der Waals surface area contributed by atoms with Crippen LogP contribution in [0, 0.1) is 0 Å². The first kappa shape index (κ1) is 27.8. The van der Waals surface area contributed by atoms with Crippen LogP contribution in [0.25, 0.3) is 0 Å². The van der Waals surface area contributed by atoms with E-state index in [1.54, 1.807) is 36.7 Å². The average molecular weight is 555 g/mol. The summed E-state index contributed by atoms with van der Waals surface area (Å²) in [5, 5.41) is 15.1. The lowest BCUT2D eigenvalue weighted by Gasteiger charge is -2.34. The summed E-state index contributed by atoms with van der Waals surface area (Å²) in [6.07, 6.45) is 3.06. The molecule has 0 saturated carbocycles. The van der Waals surface area contributed by atoms with E-state index in [1.165, 1.54) is 31.4 Å². The number of methoxy groups -OCH3 is 1. The molecular formula is C26H30N6O6S. The maximum absolute atomic E-state index is 13.0. The van der Waals surface area contributed by atoms with E-state index in [-0.39, 0.29) is 16.5 Å². The summed E-state index contributed by atoms with van der Waals surface area (Å²) in [5.41, 5.74) is 1.12. The fraction of sp³-hybridized carbons (Fsp3) is 0.308. The number of hydrogen-bond donors (Lipinski definition) is 4. The second-order valence-corrected chi connectivity index (χ2v) is 10.7. The predicted molar refractivity (Wildman–Crippen MR) is 144 cm³/mol. The van der Waals surface area contributed by atoms with Crippen LogP contribution in [-0.4, -0.2) is 67.8 Å². The van der Waals surface area contributed by atoms with Crippen molar-refractivity contribution in [2.75, 3.05) is 30.4 Å². The molecule has 4 N–H and O–H groups in total. The Hall–Kier alpha value is -4.23. The summed E-state index contributed by atoms with van der Waals surface area (Å²) in [4.78, 5) is 34.9. The molecule has 3 aromatic rings. The average Bonchev–Trinajstić information content (AvgIpc) is 2.93. The number of nitrogens with zero attached hydrogens (tertiary/aromatic N) is 3. The zero-order chi connectivity index (χ0) is 27.8. The summed E-state index contributed by atoms with van der Waals surface area (Å²) in [7, 11) is -2.66. The van der Waals surface area contributed by atoms with E-state index in [1.807, 2.05) is 6.07 Å².